The molecule has 0 bridgehead atoms. The lowest BCUT2D eigenvalue weighted by molar-refractivity contribution is -0.122. The summed E-state index contributed by atoms with van der Waals surface area (Å²) in [4.78, 5) is 20.5. The monoisotopic (exact) mass is 444 g/mol. The Kier molecular flexibility index (Phi) is 6.50. The second-order valence-corrected chi connectivity index (χ2v) is 8.46. The van der Waals surface area contributed by atoms with Crippen molar-refractivity contribution in [3.8, 4) is 5.75 Å². The molecule has 0 aliphatic rings. The highest BCUT2D eigenvalue weighted by Gasteiger charge is 2.18. The zero-order valence-electron chi connectivity index (χ0n) is 17.1. The molecule has 1 atom stereocenters. The molecule has 0 aliphatic heterocycles. The third-order valence-electron chi connectivity index (χ3n) is 4.13. The number of benzene rings is 2. The molecule has 2 aromatic carbocycles. The van der Waals surface area contributed by atoms with Crippen molar-refractivity contribution in [2.75, 3.05) is 10.0 Å². The van der Waals surface area contributed by atoms with E-state index in [9.17, 15) is 17.6 Å². The van der Waals surface area contributed by atoms with Crippen LogP contribution in [0, 0.1) is 19.7 Å². The highest BCUT2D eigenvalue weighted by atomic mass is 32.2. The third-order valence-corrected chi connectivity index (χ3v) is 5.50. The number of hydrogen-bond donors (Lipinski definition) is 2. The Balaban J connectivity index is 1.64. The van der Waals surface area contributed by atoms with E-state index >= 15 is 0 Å². The lowest BCUT2D eigenvalue weighted by Crippen LogP contribution is -2.30. The van der Waals surface area contributed by atoms with Gasteiger partial charge in [-0.1, -0.05) is 0 Å². The van der Waals surface area contributed by atoms with Crippen LogP contribution in [0.15, 0.2) is 59.5 Å². The average Bonchev–Trinajstić information content (AvgIpc) is 2.69. The fourth-order valence-corrected chi connectivity index (χ4v) is 3.69. The number of sulfonamides is 1. The number of nitrogens with one attached hydrogen (secondary N) is 2. The summed E-state index contributed by atoms with van der Waals surface area (Å²) in [7, 11) is -3.86. The van der Waals surface area contributed by atoms with E-state index in [1.54, 1.807) is 20.8 Å². The lowest BCUT2D eigenvalue weighted by atomic mass is 10.3. The zero-order valence-corrected chi connectivity index (χ0v) is 17.9. The highest BCUT2D eigenvalue weighted by molar-refractivity contribution is 7.92. The summed E-state index contributed by atoms with van der Waals surface area (Å²) in [5.74, 6) is 0.137. The first-order chi connectivity index (χ1) is 14.6. The molecule has 10 heteroatoms. The topological polar surface area (TPSA) is 110 Å². The second-order valence-electron chi connectivity index (χ2n) is 6.77. The molecule has 0 saturated heterocycles. The van der Waals surface area contributed by atoms with Crippen LogP contribution in [0.4, 0.5) is 15.9 Å². The molecule has 3 rings (SSSR count). The summed E-state index contributed by atoms with van der Waals surface area (Å²) in [5.41, 5.74) is 1.03. The van der Waals surface area contributed by atoms with E-state index < -0.39 is 27.9 Å². The summed E-state index contributed by atoms with van der Waals surface area (Å²) in [5, 5.41) is 2.64. The number of aromatic nitrogens is 2. The van der Waals surface area contributed by atoms with Gasteiger partial charge in [-0.3, -0.25) is 9.52 Å². The first-order valence-electron chi connectivity index (χ1n) is 9.31. The Hall–Kier alpha value is -3.53. The Bertz CT molecular complexity index is 1160. The molecule has 2 N–H and O–H groups in total. The van der Waals surface area contributed by atoms with E-state index in [0.29, 0.717) is 23.0 Å². The molecule has 162 valence electrons. The van der Waals surface area contributed by atoms with E-state index in [1.807, 2.05) is 0 Å². The van der Waals surface area contributed by atoms with E-state index in [4.69, 9.17) is 4.74 Å². The molecule has 0 fully saturated rings. The van der Waals surface area contributed by atoms with Gasteiger partial charge in [0.1, 0.15) is 23.2 Å². The number of amides is 1. The van der Waals surface area contributed by atoms with Crippen LogP contribution >= 0.6 is 0 Å². The van der Waals surface area contributed by atoms with Crippen LogP contribution in [0.5, 0.6) is 5.75 Å². The largest absolute Gasteiger partial charge is 0.481 e. The molecule has 0 unspecified atom stereocenters. The number of anilines is 2. The van der Waals surface area contributed by atoms with Gasteiger partial charge in [-0.05, 0) is 69.3 Å². The lowest BCUT2D eigenvalue weighted by Gasteiger charge is -2.15. The molecule has 3 aromatic rings. The molecule has 1 heterocycles. The number of rotatable bonds is 7. The smallest absolute Gasteiger partial charge is 0.265 e. The highest BCUT2D eigenvalue weighted by Crippen LogP contribution is 2.19. The fraction of sp³-hybridized carbons (Fsp3) is 0.190. The van der Waals surface area contributed by atoms with Crippen molar-refractivity contribution in [1.82, 2.24) is 9.97 Å². The SMILES string of the molecule is Cc1cc(NS(=O)(=O)c2ccc(NC(=O)[C@H](C)Oc3ccc(F)cc3)cc2)nc(C)n1. The third kappa shape index (κ3) is 5.98. The van der Waals surface area contributed by atoms with E-state index in [1.165, 1.54) is 54.6 Å². The second kappa shape index (κ2) is 9.09. The van der Waals surface area contributed by atoms with Gasteiger partial charge in [-0.25, -0.2) is 22.8 Å². The van der Waals surface area contributed by atoms with Gasteiger partial charge < -0.3 is 10.1 Å². The maximum atomic E-state index is 13.0. The summed E-state index contributed by atoms with van der Waals surface area (Å²) in [6.07, 6.45) is -0.847. The number of nitrogens with zero attached hydrogens (tertiary/aromatic N) is 2. The first-order valence-corrected chi connectivity index (χ1v) is 10.8. The number of halogens is 1. The van der Waals surface area contributed by atoms with Crippen LogP contribution in [-0.2, 0) is 14.8 Å². The van der Waals surface area contributed by atoms with Gasteiger partial charge in [-0.2, -0.15) is 0 Å². The van der Waals surface area contributed by atoms with E-state index in [0.717, 1.165) is 0 Å². The predicted octanol–water partition coefficient (Wildman–Crippen LogP) is 3.44. The van der Waals surface area contributed by atoms with Gasteiger partial charge in [-0.15, -0.1) is 0 Å². The van der Waals surface area contributed by atoms with Gasteiger partial charge >= 0.3 is 0 Å². The van der Waals surface area contributed by atoms with Crippen LogP contribution in [0.3, 0.4) is 0 Å². The summed E-state index contributed by atoms with van der Waals surface area (Å²) >= 11 is 0. The Morgan fingerprint density at radius 3 is 2.29 bits per heavy atom. The Morgan fingerprint density at radius 2 is 1.68 bits per heavy atom. The Labute approximate surface area is 179 Å². The zero-order chi connectivity index (χ0) is 22.6. The fourth-order valence-electron chi connectivity index (χ4n) is 2.70. The van der Waals surface area contributed by atoms with Gasteiger partial charge in [0.2, 0.25) is 0 Å². The first kappa shape index (κ1) is 22.2. The van der Waals surface area contributed by atoms with Crippen molar-refractivity contribution in [3.63, 3.8) is 0 Å². The molecule has 0 aliphatic carbocycles. The van der Waals surface area contributed by atoms with Gasteiger partial charge in [0.05, 0.1) is 4.90 Å². The van der Waals surface area contributed by atoms with Gasteiger partial charge in [0.25, 0.3) is 15.9 Å². The molecule has 1 aromatic heterocycles. The maximum absolute atomic E-state index is 13.0. The van der Waals surface area contributed by atoms with Crippen molar-refractivity contribution >= 4 is 27.4 Å². The molecule has 31 heavy (non-hydrogen) atoms. The maximum Gasteiger partial charge on any atom is 0.265 e. The molecule has 0 radical (unpaired) electrons. The Morgan fingerprint density at radius 1 is 1.03 bits per heavy atom. The van der Waals surface area contributed by atoms with Crippen LogP contribution in [-0.4, -0.2) is 30.4 Å². The molecule has 8 nitrogen and oxygen atoms in total. The number of ether oxygens (including phenoxy) is 1. The predicted molar refractivity (Wildman–Crippen MR) is 114 cm³/mol. The van der Waals surface area contributed by atoms with E-state index in [-0.39, 0.29) is 10.7 Å². The minimum absolute atomic E-state index is 0.00929. The minimum atomic E-state index is -3.86. The van der Waals surface area contributed by atoms with Crippen molar-refractivity contribution in [2.24, 2.45) is 0 Å². The average molecular weight is 444 g/mol. The van der Waals surface area contributed by atoms with E-state index in [2.05, 4.69) is 20.0 Å². The normalized spacial score (nSPS) is 12.1. The van der Waals surface area contributed by atoms with Crippen molar-refractivity contribution in [3.05, 3.63) is 71.9 Å². The number of hydrogen-bond acceptors (Lipinski definition) is 6. The van der Waals surface area contributed by atoms with Crippen LogP contribution < -0.4 is 14.8 Å². The molecular formula is C21H21FN4O4S. The molecular weight excluding hydrogens is 423 g/mol. The quantitative estimate of drug-likeness (QED) is 0.578. The number of aryl methyl sites for hydroxylation is 2. The van der Waals surface area contributed by atoms with Crippen LogP contribution in [0.2, 0.25) is 0 Å². The number of carbonyl (C=O) groups is 1. The van der Waals surface area contributed by atoms with Crippen LogP contribution in [0.1, 0.15) is 18.4 Å². The van der Waals surface area contributed by atoms with Crippen LogP contribution in [0.25, 0.3) is 0 Å². The minimum Gasteiger partial charge on any atom is -0.481 e. The van der Waals surface area contributed by atoms with Crippen molar-refractivity contribution in [2.45, 2.75) is 31.8 Å². The van der Waals surface area contributed by atoms with Gasteiger partial charge in [0, 0.05) is 17.4 Å². The number of carbonyl (C=O) groups excluding carboxylic acids is 1. The summed E-state index contributed by atoms with van der Waals surface area (Å²) in [6, 6.07) is 12.5. The van der Waals surface area contributed by atoms with Gasteiger partial charge in [0.15, 0.2) is 6.10 Å². The molecule has 0 saturated carbocycles. The van der Waals surface area contributed by atoms with Crippen molar-refractivity contribution < 1.29 is 22.3 Å². The molecule has 0 spiro atoms. The summed E-state index contributed by atoms with van der Waals surface area (Å²) < 4.78 is 46.0. The standard InChI is InChI=1S/C21H21FN4O4S/c1-13-12-20(24-15(3)23-13)26-31(28,29)19-10-6-17(7-11-19)25-21(27)14(2)30-18-8-4-16(22)5-9-18/h4-12,14H,1-3H3,(H,25,27)(H,23,24,26)/t14-/m0/s1. The summed E-state index contributed by atoms with van der Waals surface area (Å²) in [6.45, 7) is 4.96. The van der Waals surface area contributed by atoms with Crippen molar-refractivity contribution in [1.29, 1.82) is 0 Å². The molecule has 1 amide bonds.